The van der Waals surface area contributed by atoms with Crippen LogP contribution in [0.25, 0.3) is 0 Å². The zero-order valence-corrected chi connectivity index (χ0v) is 5.46. The lowest BCUT2D eigenvalue weighted by Crippen LogP contribution is -2.00. The van der Waals surface area contributed by atoms with Crippen LogP contribution in [0.1, 0.15) is 12.8 Å². The maximum Gasteiger partial charge on any atom is 0.336 e. The highest BCUT2D eigenvalue weighted by Crippen LogP contribution is 2.23. The lowest BCUT2D eigenvalue weighted by Gasteiger charge is -2.00. The van der Waals surface area contributed by atoms with Crippen molar-refractivity contribution in [3.63, 3.8) is 0 Å². The second-order valence-electron chi connectivity index (χ2n) is 2.35. The molecule has 0 radical (unpaired) electrons. The number of rotatable bonds is 0. The van der Waals surface area contributed by atoms with Crippen LogP contribution in [0.15, 0.2) is 16.3 Å². The molecular weight excluding hydrogens is 130 g/mol. The fourth-order valence-electron chi connectivity index (χ4n) is 1.17. The van der Waals surface area contributed by atoms with Gasteiger partial charge < -0.3 is 4.74 Å². The molecule has 2 heterocycles. The van der Waals surface area contributed by atoms with Crippen LogP contribution in [0.4, 0.5) is 0 Å². The van der Waals surface area contributed by atoms with Gasteiger partial charge in [0, 0.05) is 6.21 Å². The van der Waals surface area contributed by atoms with E-state index in [2.05, 4.69) is 4.99 Å². The van der Waals surface area contributed by atoms with Gasteiger partial charge in [0.25, 0.3) is 0 Å². The SMILES string of the molecule is O=C1OCC2=C1CCC=N2. The third-order valence-electron chi connectivity index (χ3n) is 1.71. The Morgan fingerprint density at radius 3 is 3.30 bits per heavy atom. The van der Waals surface area contributed by atoms with Crippen molar-refractivity contribution in [2.24, 2.45) is 4.99 Å². The zero-order chi connectivity index (χ0) is 6.97. The number of ether oxygens (including phenoxy) is 1. The molecule has 52 valence electrons. The van der Waals surface area contributed by atoms with Gasteiger partial charge in [0.05, 0.1) is 11.3 Å². The largest absolute Gasteiger partial charge is 0.456 e. The summed E-state index contributed by atoms with van der Waals surface area (Å²) >= 11 is 0. The average Bonchev–Trinajstić information content (AvgIpc) is 2.34. The van der Waals surface area contributed by atoms with Crippen molar-refractivity contribution in [1.29, 1.82) is 0 Å². The molecule has 0 amide bonds. The molecule has 0 aliphatic carbocycles. The molecule has 10 heavy (non-hydrogen) atoms. The lowest BCUT2D eigenvalue weighted by molar-refractivity contribution is -0.136. The van der Waals surface area contributed by atoms with Crippen molar-refractivity contribution in [3.8, 4) is 0 Å². The highest BCUT2D eigenvalue weighted by molar-refractivity contribution is 5.93. The Balaban J connectivity index is 2.38. The molecule has 3 heteroatoms. The van der Waals surface area contributed by atoms with Gasteiger partial charge in [-0.15, -0.1) is 0 Å². The first-order chi connectivity index (χ1) is 4.88. The number of hydrogen-bond acceptors (Lipinski definition) is 3. The average molecular weight is 137 g/mol. The van der Waals surface area contributed by atoms with E-state index in [0.29, 0.717) is 6.61 Å². The summed E-state index contributed by atoms with van der Waals surface area (Å²) in [6.07, 6.45) is 3.51. The Bertz CT molecular complexity index is 240. The summed E-state index contributed by atoms with van der Waals surface area (Å²) in [7, 11) is 0. The Labute approximate surface area is 58.4 Å². The van der Waals surface area contributed by atoms with Crippen molar-refractivity contribution in [2.75, 3.05) is 6.61 Å². The van der Waals surface area contributed by atoms with E-state index in [1.807, 2.05) is 6.21 Å². The van der Waals surface area contributed by atoms with Crippen LogP contribution in [0.5, 0.6) is 0 Å². The van der Waals surface area contributed by atoms with Crippen molar-refractivity contribution < 1.29 is 9.53 Å². The highest BCUT2D eigenvalue weighted by Gasteiger charge is 2.25. The molecule has 0 aromatic rings. The Kier molecular flexibility index (Phi) is 1.09. The van der Waals surface area contributed by atoms with Gasteiger partial charge >= 0.3 is 5.97 Å². The molecule has 0 saturated carbocycles. The number of nitrogens with zero attached hydrogens (tertiary/aromatic N) is 1. The van der Waals surface area contributed by atoms with Crippen molar-refractivity contribution in [3.05, 3.63) is 11.3 Å². The van der Waals surface area contributed by atoms with E-state index >= 15 is 0 Å². The number of aliphatic imine (C=N–C) groups is 1. The molecule has 2 rings (SSSR count). The minimum Gasteiger partial charge on any atom is -0.456 e. The molecular formula is C7H7NO2. The molecule has 2 aliphatic heterocycles. The van der Waals surface area contributed by atoms with Gasteiger partial charge in [0.2, 0.25) is 0 Å². The van der Waals surface area contributed by atoms with Gasteiger partial charge in [0.15, 0.2) is 0 Å². The number of cyclic esters (lactones) is 1. The predicted molar refractivity (Wildman–Crippen MR) is 35.7 cm³/mol. The summed E-state index contributed by atoms with van der Waals surface area (Å²) in [5.41, 5.74) is 1.61. The number of carbonyl (C=O) groups is 1. The van der Waals surface area contributed by atoms with Gasteiger partial charge in [-0.25, -0.2) is 4.79 Å². The fraction of sp³-hybridized carbons (Fsp3) is 0.429. The van der Waals surface area contributed by atoms with Crippen LogP contribution in [0, 0.1) is 0 Å². The molecule has 0 bridgehead atoms. The van der Waals surface area contributed by atoms with E-state index < -0.39 is 0 Å². The first-order valence-electron chi connectivity index (χ1n) is 3.29. The Hall–Kier alpha value is -1.12. The van der Waals surface area contributed by atoms with Crippen LogP contribution in [-0.2, 0) is 9.53 Å². The minimum absolute atomic E-state index is 0.174. The second-order valence-corrected chi connectivity index (χ2v) is 2.35. The molecule has 0 saturated heterocycles. The first-order valence-corrected chi connectivity index (χ1v) is 3.29. The molecule has 0 unspecified atom stereocenters. The van der Waals surface area contributed by atoms with E-state index in [9.17, 15) is 4.79 Å². The Morgan fingerprint density at radius 2 is 2.50 bits per heavy atom. The molecule has 3 nitrogen and oxygen atoms in total. The zero-order valence-electron chi connectivity index (χ0n) is 5.46. The second kappa shape index (κ2) is 1.94. The third-order valence-corrected chi connectivity index (χ3v) is 1.71. The molecule has 0 spiro atoms. The molecule has 0 atom stereocenters. The summed E-state index contributed by atoms with van der Waals surface area (Å²) in [4.78, 5) is 14.9. The lowest BCUT2D eigenvalue weighted by atomic mass is 10.1. The van der Waals surface area contributed by atoms with Gasteiger partial charge in [-0.3, -0.25) is 4.99 Å². The molecule has 0 N–H and O–H groups in total. The standard InChI is InChI=1S/C7H7NO2/c9-7-5-2-1-3-8-6(5)4-10-7/h3H,1-2,4H2. The Morgan fingerprint density at radius 1 is 1.60 bits per heavy atom. The summed E-state index contributed by atoms with van der Waals surface area (Å²) in [5.74, 6) is -0.174. The smallest absolute Gasteiger partial charge is 0.336 e. The van der Waals surface area contributed by atoms with E-state index in [4.69, 9.17) is 4.74 Å². The van der Waals surface area contributed by atoms with Crippen molar-refractivity contribution in [1.82, 2.24) is 0 Å². The van der Waals surface area contributed by atoms with Gasteiger partial charge in [-0.1, -0.05) is 0 Å². The maximum atomic E-state index is 10.9. The number of esters is 1. The number of hydrogen-bond donors (Lipinski definition) is 0. The van der Waals surface area contributed by atoms with Gasteiger partial charge in [-0.2, -0.15) is 0 Å². The molecule has 0 fully saturated rings. The van der Waals surface area contributed by atoms with Crippen LogP contribution >= 0.6 is 0 Å². The third kappa shape index (κ3) is 0.667. The molecule has 0 aromatic heterocycles. The molecule has 2 aliphatic rings. The quantitative estimate of drug-likeness (QED) is 0.460. The van der Waals surface area contributed by atoms with Crippen molar-refractivity contribution >= 4 is 12.2 Å². The van der Waals surface area contributed by atoms with Crippen LogP contribution in [0.2, 0.25) is 0 Å². The van der Waals surface area contributed by atoms with Gasteiger partial charge in [0.1, 0.15) is 6.61 Å². The fourth-order valence-corrected chi connectivity index (χ4v) is 1.17. The van der Waals surface area contributed by atoms with E-state index in [-0.39, 0.29) is 5.97 Å². The van der Waals surface area contributed by atoms with Gasteiger partial charge in [-0.05, 0) is 12.8 Å². The summed E-state index contributed by atoms with van der Waals surface area (Å²) in [5, 5.41) is 0. The predicted octanol–water partition coefficient (Wildman–Crippen LogP) is 0.662. The number of carbonyl (C=O) groups excluding carboxylic acids is 1. The topological polar surface area (TPSA) is 38.7 Å². The first kappa shape index (κ1) is 5.65. The molecule has 0 aromatic carbocycles. The van der Waals surface area contributed by atoms with Crippen LogP contribution in [0.3, 0.4) is 0 Å². The maximum absolute atomic E-state index is 10.9. The van der Waals surface area contributed by atoms with E-state index in [1.165, 1.54) is 0 Å². The summed E-state index contributed by atoms with van der Waals surface area (Å²) in [6, 6.07) is 0. The van der Waals surface area contributed by atoms with Crippen molar-refractivity contribution in [2.45, 2.75) is 12.8 Å². The van der Waals surface area contributed by atoms with Crippen LogP contribution in [-0.4, -0.2) is 18.8 Å². The van der Waals surface area contributed by atoms with Crippen LogP contribution < -0.4 is 0 Å². The minimum atomic E-state index is -0.174. The normalized spacial score (nSPS) is 23.0. The summed E-state index contributed by atoms with van der Waals surface area (Å²) in [6.45, 7) is 0.380. The monoisotopic (exact) mass is 137 g/mol. The van der Waals surface area contributed by atoms with E-state index in [0.717, 1.165) is 24.1 Å². The highest BCUT2D eigenvalue weighted by atomic mass is 16.5. The van der Waals surface area contributed by atoms with E-state index in [1.54, 1.807) is 0 Å². The summed E-state index contributed by atoms with van der Waals surface area (Å²) < 4.78 is 4.77.